The van der Waals surface area contributed by atoms with Crippen LogP contribution in [-0.2, 0) is 0 Å². The molecule has 0 saturated heterocycles. The van der Waals surface area contributed by atoms with Gasteiger partial charge in [-0.2, -0.15) is 11.3 Å². The molecule has 3 heteroatoms. The molecule has 0 nitrogen and oxygen atoms in total. The molecular weight excluding hydrogens is 182 g/mol. The summed E-state index contributed by atoms with van der Waals surface area (Å²) in [6.07, 6.45) is 0. The molecule has 0 amide bonds. The molecule has 1 rings (SSSR count). The van der Waals surface area contributed by atoms with Crippen molar-refractivity contribution in [2.75, 3.05) is 0 Å². The van der Waals surface area contributed by atoms with Gasteiger partial charge in [0, 0.05) is 29.6 Å². The molecule has 1 aromatic heterocycles. The van der Waals surface area contributed by atoms with Crippen LogP contribution in [0.5, 0.6) is 0 Å². The van der Waals surface area contributed by atoms with Gasteiger partial charge in [-0.1, -0.05) is 32.9 Å². The molecule has 1 aromatic rings. The van der Waals surface area contributed by atoms with Gasteiger partial charge in [-0.05, 0) is 15.9 Å². The average molecular weight is 197 g/mol. The van der Waals surface area contributed by atoms with E-state index in [1.807, 2.05) is 22.9 Å². The Morgan fingerprint density at radius 1 is 1.09 bits per heavy atom. The molecule has 0 saturated carbocycles. The molecule has 0 aliphatic carbocycles. The molecule has 1 radical (unpaired) electrons. The summed E-state index contributed by atoms with van der Waals surface area (Å²) in [6, 6.07) is 4.04. The first-order valence-electron chi connectivity index (χ1n) is 3.26. The molecule has 1 heterocycles. The van der Waals surface area contributed by atoms with Crippen molar-refractivity contribution in [2.24, 2.45) is 0 Å². The van der Waals surface area contributed by atoms with Gasteiger partial charge >= 0.3 is 0 Å². The third kappa shape index (κ3) is 24.7. The van der Waals surface area contributed by atoms with Gasteiger partial charge in [0.1, 0.15) is 0 Å². The van der Waals surface area contributed by atoms with Gasteiger partial charge in [-0.15, -0.1) is 9.24 Å². The molecule has 1 unspecified atom stereocenters. The van der Waals surface area contributed by atoms with Crippen molar-refractivity contribution >= 4 is 50.1 Å². The van der Waals surface area contributed by atoms with E-state index < -0.39 is 0 Å². The van der Waals surface area contributed by atoms with E-state index in [0.717, 1.165) is 0 Å². The molecule has 0 spiro atoms. The van der Waals surface area contributed by atoms with Gasteiger partial charge < -0.3 is 0 Å². The normalized spacial score (nSPS) is 9.09. The Labute approximate surface area is 98.3 Å². The number of thiophene rings is 1. The second-order valence-electron chi connectivity index (χ2n) is 3.16. The molecule has 0 fully saturated rings. The van der Waals surface area contributed by atoms with Crippen molar-refractivity contribution < 1.29 is 0 Å². The molecule has 0 aromatic carbocycles. The van der Waals surface area contributed by atoms with Crippen LogP contribution in [0.2, 0.25) is 0 Å². The zero-order chi connectivity index (χ0) is 8.04. The summed E-state index contributed by atoms with van der Waals surface area (Å²) in [6.45, 7) is 6.45. The minimum absolute atomic E-state index is 0. The van der Waals surface area contributed by atoms with Gasteiger partial charge in [-0.3, -0.25) is 0 Å². The number of hydrogen-bond acceptors (Lipinski definition) is 1. The Hall–Kier alpha value is 1.13. The van der Waals surface area contributed by atoms with Crippen LogP contribution in [0.4, 0.5) is 0 Å². The molecule has 1 atom stereocenters. The minimum Gasteiger partial charge on any atom is -0.152 e. The van der Waals surface area contributed by atoms with Crippen molar-refractivity contribution in [2.45, 2.75) is 25.9 Å². The van der Waals surface area contributed by atoms with Crippen molar-refractivity contribution in [1.82, 2.24) is 0 Å². The van der Waals surface area contributed by atoms with Crippen LogP contribution in [0.3, 0.4) is 0 Å². The number of rotatable bonds is 0. The summed E-state index contributed by atoms with van der Waals surface area (Å²) < 4.78 is 0. The summed E-state index contributed by atoms with van der Waals surface area (Å²) >= 11 is 1.71. The van der Waals surface area contributed by atoms with Gasteiger partial charge in [0.25, 0.3) is 0 Å². The molecule has 0 bridgehead atoms. The average Bonchev–Trinajstić information content (AvgIpc) is 2.07. The molecule has 11 heavy (non-hydrogen) atoms. The fraction of sp³-hybridized carbons (Fsp3) is 0.500. The van der Waals surface area contributed by atoms with E-state index in [9.17, 15) is 0 Å². The van der Waals surface area contributed by atoms with Crippen molar-refractivity contribution in [3.05, 3.63) is 22.9 Å². The van der Waals surface area contributed by atoms with Gasteiger partial charge in [0.05, 0.1) is 0 Å². The van der Waals surface area contributed by atoms with Crippen LogP contribution in [0.15, 0.2) is 22.9 Å². The molecule has 0 aliphatic rings. The standard InChI is InChI=1S/C4H11P.C4H4S.Na/c1-4(2,3)5;1-2-4-5-3-1;/h5H2,1-3H3;1-4H;. The van der Waals surface area contributed by atoms with Crippen molar-refractivity contribution in [3.63, 3.8) is 0 Å². The Bertz CT molecular complexity index is 120. The van der Waals surface area contributed by atoms with E-state index in [2.05, 4.69) is 30.0 Å². The van der Waals surface area contributed by atoms with Crippen LogP contribution in [0.25, 0.3) is 0 Å². The Morgan fingerprint density at radius 3 is 1.45 bits per heavy atom. The smallest absolute Gasteiger partial charge is 0 e. The van der Waals surface area contributed by atoms with Gasteiger partial charge in [-0.25, -0.2) is 0 Å². The predicted molar refractivity (Wildman–Crippen MR) is 59.5 cm³/mol. The first-order chi connectivity index (χ1) is 4.50. The van der Waals surface area contributed by atoms with Crippen LogP contribution in [0.1, 0.15) is 20.8 Å². The fourth-order valence-electron chi connectivity index (χ4n) is 0.227. The monoisotopic (exact) mass is 197 g/mol. The van der Waals surface area contributed by atoms with E-state index in [1.54, 1.807) is 11.3 Å². The second kappa shape index (κ2) is 7.76. The first-order valence-corrected chi connectivity index (χ1v) is 4.78. The van der Waals surface area contributed by atoms with Gasteiger partial charge in [0.15, 0.2) is 0 Å². The summed E-state index contributed by atoms with van der Waals surface area (Å²) in [4.78, 5) is 0. The van der Waals surface area contributed by atoms with E-state index in [1.165, 1.54) is 0 Å². The van der Waals surface area contributed by atoms with E-state index >= 15 is 0 Å². The van der Waals surface area contributed by atoms with Crippen LogP contribution >= 0.6 is 20.6 Å². The van der Waals surface area contributed by atoms with Crippen LogP contribution < -0.4 is 0 Å². The molecule has 0 aliphatic heterocycles. The Balaban J connectivity index is 0. The van der Waals surface area contributed by atoms with E-state index in [0.29, 0.717) is 5.16 Å². The van der Waals surface area contributed by atoms with Crippen molar-refractivity contribution in [1.29, 1.82) is 0 Å². The zero-order valence-corrected chi connectivity index (χ0v) is 11.8. The maximum Gasteiger partial charge on any atom is 0 e. The van der Waals surface area contributed by atoms with E-state index in [4.69, 9.17) is 0 Å². The first kappa shape index (κ1) is 14.6. The van der Waals surface area contributed by atoms with Crippen LogP contribution in [-0.4, -0.2) is 34.7 Å². The Morgan fingerprint density at radius 2 is 1.36 bits per heavy atom. The third-order valence-corrected chi connectivity index (χ3v) is 1.05. The SMILES string of the molecule is CC(C)(C)P.[Na].c1ccsc1. The van der Waals surface area contributed by atoms with Crippen molar-refractivity contribution in [3.8, 4) is 0 Å². The second-order valence-corrected chi connectivity index (χ2v) is 5.71. The number of hydrogen-bond donors (Lipinski definition) is 0. The minimum atomic E-state index is 0. The maximum absolute atomic E-state index is 2.72. The van der Waals surface area contributed by atoms with E-state index in [-0.39, 0.29) is 29.6 Å². The predicted octanol–water partition coefficient (Wildman–Crippen LogP) is 3.03. The molecular formula is C8H15NaPS. The van der Waals surface area contributed by atoms with Gasteiger partial charge in [0.2, 0.25) is 0 Å². The fourth-order valence-corrected chi connectivity index (χ4v) is 0.680. The summed E-state index contributed by atoms with van der Waals surface area (Å²) in [5, 5.41) is 4.50. The largest absolute Gasteiger partial charge is 0.152 e. The van der Waals surface area contributed by atoms with Crippen LogP contribution in [0, 0.1) is 0 Å². The Kier molecular flexibility index (Phi) is 10.3. The third-order valence-electron chi connectivity index (χ3n) is 0.425. The summed E-state index contributed by atoms with van der Waals surface area (Å²) in [5.74, 6) is 0. The molecule has 59 valence electrons. The topological polar surface area (TPSA) is 0 Å². The quantitative estimate of drug-likeness (QED) is 0.443. The maximum atomic E-state index is 2.72. The summed E-state index contributed by atoms with van der Waals surface area (Å²) in [7, 11) is 2.72. The summed E-state index contributed by atoms with van der Waals surface area (Å²) in [5.41, 5.74) is 0. The molecule has 0 N–H and O–H groups in total. The zero-order valence-electron chi connectivity index (χ0n) is 7.79.